The van der Waals surface area contributed by atoms with Gasteiger partial charge in [0.05, 0.1) is 6.10 Å². The highest BCUT2D eigenvalue weighted by atomic mass is 35.5. The van der Waals surface area contributed by atoms with Crippen LogP contribution in [0.4, 0.5) is 0 Å². The molecule has 1 aromatic carbocycles. The summed E-state index contributed by atoms with van der Waals surface area (Å²) in [6, 6.07) is 5.11. The number of nitrogens with zero attached hydrogens (tertiary/aromatic N) is 1. The molecule has 2 nitrogen and oxygen atoms in total. The molecular formula is C16H23Cl2NO. The van der Waals surface area contributed by atoms with E-state index in [1.54, 1.807) is 18.2 Å². The van der Waals surface area contributed by atoms with Crippen molar-refractivity contribution in [2.75, 3.05) is 6.54 Å². The van der Waals surface area contributed by atoms with Gasteiger partial charge in [0.15, 0.2) is 0 Å². The van der Waals surface area contributed by atoms with Gasteiger partial charge in [0.2, 0.25) is 0 Å². The Balaban J connectivity index is 0. The molecule has 0 aliphatic carbocycles. The largest absolute Gasteiger partial charge is 0.388 e. The van der Waals surface area contributed by atoms with E-state index < -0.39 is 6.10 Å². The summed E-state index contributed by atoms with van der Waals surface area (Å²) in [5.41, 5.74) is 0.739. The molecule has 0 bridgehead atoms. The van der Waals surface area contributed by atoms with Crippen molar-refractivity contribution in [3.05, 3.63) is 33.8 Å². The van der Waals surface area contributed by atoms with Gasteiger partial charge in [-0.2, -0.15) is 0 Å². The number of aliphatic imine (C=N–C) groups is 1. The number of hydrogen-bond donors (Lipinski definition) is 1. The minimum atomic E-state index is -0.491. The van der Waals surface area contributed by atoms with E-state index in [0.717, 1.165) is 18.5 Å². The maximum absolute atomic E-state index is 9.47. The summed E-state index contributed by atoms with van der Waals surface area (Å²) < 4.78 is 0. The first-order chi connectivity index (χ1) is 9.56. The third-order valence-corrected chi connectivity index (χ3v) is 2.81. The quantitative estimate of drug-likeness (QED) is 0.603. The molecule has 0 saturated carbocycles. The highest BCUT2D eigenvalue weighted by molar-refractivity contribution is 6.35. The lowest BCUT2D eigenvalue weighted by Crippen LogP contribution is -1.95. The first-order valence-corrected chi connectivity index (χ1v) is 7.23. The molecule has 0 heterocycles. The van der Waals surface area contributed by atoms with Crippen LogP contribution in [0, 0.1) is 12.8 Å². The molecule has 1 N–H and O–H groups in total. The van der Waals surface area contributed by atoms with Crippen molar-refractivity contribution in [3.8, 4) is 12.8 Å². The lowest BCUT2D eigenvalue weighted by molar-refractivity contribution is 0.174. The number of hydrogen-bond acceptors (Lipinski definition) is 2. The first-order valence-electron chi connectivity index (χ1n) is 6.47. The molecule has 0 spiro atoms. The third-order valence-electron chi connectivity index (χ3n) is 2.24. The third kappa shape index (κ3) is 9.86. The van der Waals surface area contributed by atoms with E-state index in [9.17, 15) is 5.11 Å². The van der Waals surface area contributed by atoms with Crippen LogP contribution in [-0.4, -0.2) is 17.9 Å². The maximum Gasteiger partial charge on any atom is 0.0801 e. The first kappa shape index (κ1) is 21.3. The zero-order valence-corrected chi connectivity index (χ0v) is 13.8. The molecule has 0 radical (unpaired) electrons. The molecule has 20 heavy (non-hydrogen) atoms. The molecule has 0 saturated heterocycles. The smallest absolute Gasteiger partial charge is 0.0801 e. The van der Waals surface area contributed by atoms with Gasteiger partial charge < -0.3 is 5.11 Å². The average Bonchev–Trinajstić information content (AvgIpc) is 2.47. The van der Waals surface area contributed by atoms with Crippen molar-refractivity contribution < 1.29 is 5.11 Å². The van der Waals surface area contributed by atoms with Gasteiger partial charge in [0.25, 0.3) is 0 Å². The van der Waals surface area contributed by atoms with Gasteiger partial charge in [-0.15, -0.1) is 12.8 Å². The Hall–Kier alpha value is -1.01. The van der Waals surface area contributed by atoms with Gasteiger partial charge in [-0.25, -0.2) is 0 Å². The Morgan fingerprint density at radius 1 is 1.30 bits per heavy atom. The van der Waals surface area contributed by atoms with Crippen molar-refractivity contribution in [3.63, 3.8) is 0 Å². The Morgan fingerprint density at radius 2 is 1.90 bits per heavy atom. The number of benzene rings is 1. The summed E-state index contributed by atoms with van der Waals surface area (Å²) in [5, 5.41) is 10.6. The minimum absolute atomic E-state index is 0.491. The van der Waals surface area contributed by atoms with E-state index in [-0.39, 0.29) is 0 Å². The van der Waals surface area contributed by atoms with Gasteiger partial charge in [0, 0.05) is 16.6 Å². The lowest BCUT2D eigenvalue weighted by atomic mass is 10.1. The molecule has 4 heteroatoms. The van der Waals surface area contributed by atoms with Crippen LogP contribution in [0.3, 0.4) is 0 Å². The Morgan fingerprint density at radius 3 is 2.25 bits per heavy atom. The predicted molar refractivity (Wildman–Crippen MR) is 90.9 cm³/mol. The second kappa shape index (κ2) is 14.4. The van der Waals surface area contributed by atoms with Gasteiger partial charge in [-0.05, 0) is 43.7 Å². The SMILES string of the molecule is C#C.CC=NCCC.CCC(O)c1ccc(Cl)cc1Cl. The van der Waals surface area contributed by atoms with Crippen molar-refractivity contribution in [2.24, 2.45) is 4.99 Å². The molecule has 0 amide bonds. The second-order valence-corrected chi connectivity index (χ2v) is 4.60. The van der Waals surface area contributed by atoms with E-state index in [1.807, 2.05) is 20.1 Å². The fraction of sp³-hybridized carbons (Fsp3) is 0.438. The van der Waals surface area contributed by atoms with Crippen LogP contribution < -0.4 is 0 Å². The van der Waals surface area contributed by atoms with Crippen LogP contribution in [-0.2, 0) is 0 Å². The van der Waals surface area contributed by atoms with Crippen molar-refractivity contribution in [2.45, 2.75) is 39.7 Å². The van der Waals surface area contributed by atoms with E-state index in [0.29, 0.717) is 16.5 Å². The molecule has 1 atom stereocenters. The zero-order valence-electron chi connectivity index (χ0n) is 12.3. The van der Waals surface area contributed by atoms with Crippen molar-refractivity contribution in [1.82, 2.24) is 0 Å². The number of aliphatic hydroxyl groups excluding tert-OH is 1. The van der Waals surface area contributed by atoms with E-state index in [4.69, 9.17) is 23.2 Å². The van der Waals surface area contributed by atoms with Gasteiger partial charge >= 0.3 is 0 Å². The van der Waals surface area contributed by atoms with E-state index >= 15 is 0 Å². The van der Waals surface area contributed by atoms with E-state index in [2.05, 4.69) is 24.8 Å². The summed E-state index contributed by atoms with van der Waals surface area (Å²) in [7, 11) is 0. The van der Waals surface area contributed by atoms with Crippen LogP contribution in [0.2, 0.25) is 10.0 Å². The van der Waals surface area contributed by atoms with Crippen LogP contribution in [0.15, 0.2) is 23.2 Å². The van der Waals surface area contributed by atoms with E-state index in [1.165, 1.54) is 0 Å². The fourth-order valence-corrected chi connectivity index (χ4v) is 1.78. The Bertz CT molecular complexity index is 403. The molecule has 1 rings (SSSR count). The summed E-state index contributed by atoms with van der Waals surface area (Å²) >= 11 is 11.6. The summed E-state index contributed by atoms with van der Waals surface area (Å²) in [6.45, 7) is 6.94. The van der Waals surface area contributed by atoms with Crippen molar-refractivity contribution >= 4 is 29.4 Å². The monoisotopic (exact) mass is 315 g/mol. The van der Waals surface area contributed by atoms with Gasteiger partial charge in [0.1, 0.15) is 0 Å². The molecule has 0 aliphatic heterocycles. The van der Waals surface area contributed by atoms with Crippen LogP contribution in [0.25, 0.3) is 0 Å². The number of rotatable bonds is 4. The molecule has 1 aromatic rings. The molecule has 0 aliphatic rings. The molecular weight excluding hydrogens is 293 g/mol. The molecule has 0 fully saturated rings. The Kier molecular flexibility index (Phi) is 15.3. The fourth-order valence-electron chi connectivity index (χ4n) is 1.25. The normalized spacial score (nSPS) is 11.0. The minimum Gasteiger partial charge on any atom is -0.388 e. The number of aliphatic hydroxyl groups is 1. The topological polar surface area (TPSA) is 32.6 Å². The molecule has 1 unspecified atom stereocenters. The average molecular weight is 316 g/mol. The second-order valence-electron chi connectivity index (χ2n) is 3.75. The van der Waals surface area contributed by atoms with Crippen LogP contribution in [0.1, 0.15) is 45.3 Å². The highest BCUT2D eigenvalue weighted by Crippen LogP contribution is 2.27. The molecule has 0 aromatic heterocycles. The summed E-state index contributed by atoms with van der Waals surface area (Å²) in [5.74, 6) is 0. The van der Waals surface area contributed by atoms with Crippen LogP contribution in [0.5, 0.6) is 0 Å². The predicted octanol–water partition coefficient (Wildman–Crippen LogP) is 5.17. The highest BCUT2D eigenvalue weighted by Gasteiger charge is 2.08. The van der Waals surface area contributed by atoms with Gasteiger partial charge in [-0.1, -0.05) is 43.1 Å². The number of halogens is 2. The molecule has 112 valence electrons. The summed E-state index contributed by atoms with van der Waals surface area (Å²) in [4.78, 5) is 3.97. The van der Waals surface area contributed by atoms with Crippen LogP contribution >= 0.6 is 23.2 Å². The lowest BCUT2D eigenvalue weighted by Gasteiger charge is -2.09. The Labute approximate surface area is 132 Å². The summed E-state index contributed by atoms with van der Waals surface area (Å²) in [6.07, 6.45) is 11.2. The maximum atomic E-state index is 9.47. The number of terminal acetylenes is 1. The standard InChI is InChI=1S/C9H10Cl2O.C5H11N.C2H2/c1-2-9(12)7-4-3-6(10)5-8(7)11;1-3-5-6-4-2;1-2/h3-5,9,12H,2H2,1H3;4H,3,5H2,1-2H3;1-2H. The van der Waals surface area contributed by atoms with Gasteiger partial charge in [-0.3, -0.25) is 4.99 Å². The van der Waals surface area contributed by atoms with Crippen molar-refractivity contribution in [1.29, 1.82) is 0 Å². The zero-order chi connectivity index (χ0) is 16.0.